The van der Waals surface area contributed by atoms with Crippen molar-refractivity contribution in [1.29, 1.82) is 0 Å². The van der Waals surface area contributed by atoms with Gasteiger partial charge in [-0.3, -0.25) is 0 Å². The van der Waals surface area contributed by atoms with E-state index in [1.165, 1.54) is 10.9 Å². The fraction of sp³-hybridized carbons (Fsp3) is 0.625. The van der Waals surface area contributed by atoms with Gasteiger partial charge >= 0.3 is 0 Å². The molecule has 80 valence electrons. The molecule has 0 aliphatic carbocycles. The lowest BCUT2D eigenvalue weighted by atomic mass is 9.93. The Morgan fingerprint density at radius 1 is 1.43 bits per heavy atom. The van der Waals surface area contributed by atoms with Crippen molar-refractivity contribution in [2.45, 2.75) is 13.5 Å². The number of anilines is 2. The molecule has 1 rings (SSSR count). The highest BCUT2D eigenvalue weighted by Gasteiger charge is 2.24. The maximum Gasteiger partial charge on any atom is 0.145 e. The summed E-state index contributed by atoms with van der Waals surface area (Å²) in [5.74, 6) is 0.359. The molecule has 0 bridgehead atoms. The van der Waals surface area contributed by atoms with Gasteiger partial charge in [0, 0.05) is 5.41 Å². The Hall–Kier alpha value is -1.27. The van der Waals surface area contributed by atoms with Crippen LogP contribution < -0.4 is 11.5 Å². The average Bonchev–Trinajstić information content (AvgIpc) is 2.49. The zero-order valence-corrected chi connectivity index (χ0v) is 8.14. The highest BCUT2D eigenvalue weighted by atomic mass is 16.3. The molecule has 0 fully saturated rings. The summed E-state index contributed by atoms with van der Waals surface area (Å²) in [6.45, 7) is 1.80. The van der Waals surface area contributed by atoms with Gasteiger partial charge in [0.2, 0.25) is 0 Å². The fourth-order valence-electron chi connectivity index (χ4n) is 1.05. The van der Waals surface area contributed by atoms with Crippen molar-refractivity contribution in [3.8, 4) is 0 Å². The topological polar surface area (TPSA) is 110 Å². The predicted molar refractivity (Wildman–Crippen MR) is 53.3 cm³/mol. The Bertz CT molecular complexity index is 306. The SMILES string of the molecule is CC(CO)(CO)Cn1ncc(N)c1N. The van der Waals surface area contributed by atoms with Gasteiger partial charge in [0.15, 0.2) is 0 Å². The average molecular weight is 200 g/mol. The highest BCUT2D eigenvalue weighted by molar-refractivity contribution is 5.56. The second-order valence-electron chi connectivity index (χ2n) is 3.77. The second-order valence-corrected chi connectivity index (χ2v) is 3.77. The molecule has 0 amide bonds. The van der Waals surface area contributed by atoms with Crippen LogP contribution in [0.25, 0.3) is 0 Å². The number of nitrogens with two attached hydrogens (primary N) is 2. The van der Waals surface area contributed by atoms with Gasteiger partial charge < -0.3 is 21.7 Å². The van der Waals surface area contributed by atoms with Crippen LogP contribution in [-0.4, -0.2) is 33.2 Å². The summed E-state index contributed by atoms with van der Waals surface area (Å²) < 4.78 is 1.47. The zero-order chi connectivity index (χ0) is 10.8. The largest absolute Gasteiger partial charge is 0.396 e. The molecular weight excluding hydrogens is 184 g/mol. The van der Waals surface area contributed by atoms with Gasteiger partial charge in [0.1, 0.15) is 5.82 Å². The Balaban J connectivity index is 2.82. The molecule has 0 atom stereocenters. The molecule has 0 saturated carbocycles. The summed E-state index contributed by atoms with van der Waals surface area (Å²) in [5, 5.41) is 22.1. The monoisotopic (exact) mass is 200 g/mol. The smallest absolute Gasteiger partial charge is 0.145 e. The first-order chi connectivity index (χ1) is 6.52. The summed E-state index contributed by atoms with van der Waals surface area (Å²) in [4.78, 5) is 0. The number of aliphatic hydroxyl groups is 2. The van der Waals surface area contributed by atoms with Crippen molar-refractivity contribution in [2.24, 2.45) is 5.41 Å². The minimum absolute atomic E-state index is 0.136. The van der Waals surface area contributed by atoms with Crippen molar-refractivity contribution in [3.05, 3.63) is 6.20 Å². The first-order valence-electron chi connectivity index (χ1n) is 4.31. The summed E-state index contributed by atoms with van der Waals surface area (Å²) in [6, 6.07) is 0. The molecule has 14 heavy (non-hydrogen) atoms. The van der Waals surface area contributed by atoms with Crippen molar-refractivity contribution >= 4 is 11.5 Å². The number of hydrogen-bond donors (Lipinski definition) is 4. The molecule has 0 spiro atoms. The van der Waals surface area contributed by atoms with E-state index in [2.05, 4.69) is 5.10 Å². The van der Waals surface area contributed by atoms with Crippen LogP contribution in [-0.2, 0) is 6.54 Å². The standard InChI is InChI=1S/C8H16N4O2/c1-8(4-13,5-14)3-12-7(10)6(9)2-11-12/h2,13-14H,3-5,9-10H2,1H3. The number of aliphatic hydroxyl groups excluding tert-OH is 2. The maximum atomic E-state index is 9.07. The molecule has 1 heterocycles. The van der Waals surface area contributed by atoms with Crippen molar-refractivity contribution < 1.29 is 10.2 Å². The Morgan fingerprint density at radius 3 is 2.36 bits per heavy atom. The molecule has 0 saturated heterocycles. The van der Waals surface area contributed by atoms with Gasteiger partial charge in [-0.2, -0.15) is 5.10 Å². The maximum absolute atomic E-state index is 9.07. The Labute approximate surface area is 82.1 Å². The molecule has 0 aromatic carbocycles. The number of rotatable bonds is 4. The molecule has 0 unspecified atom stereocenters. The molecule has 0 aliphatic rings. The van der Waals surface area contributed by atoms with Gasteiger partial charge in [-0.05, 0) is 0 Å². The third-order valence-electron chi connectivity index (χ3n) is 2.20. The van der Waals surface area contributed by atoms with Crippen molar-refractivity contribution in [1.82, 2.24) is 9.78 Å². The summed E-state index contributed by atoms with van der Waals surface area (Å²) in [7, 11) is 0. The second kappa shape index (κ2) is 3.85. The van der Waals surface area contributed by atoms with Crippen LogP contribution in [0.1, 0.15) is 6.92 Å². The highest BCUT2D eigenvalue weighted by Crippen LogP contribution is 2.21. The van der Waals surface area contributed by atoms with E-state index in [1.807, 2.05) is 0 Å². The quantitative estimate of drug-likeness (QED) is 0.500. The third-order valence-corrected chi connectivity index (χ3v) is 2.20. The van der Waals surface area contributed by atoms with Gasteiger partial charge in [0.25, 0.3) is 0 Å². The van der Waals surface area contributed by atoms with Crippen molar-refractivity contribution in [2.75, 3.05) is 24.7 Å². The lowest BCUT2D eigenvalue weighted by Crippen LogP contribution is -2.32. The number of nitrogen functional groups attached to an aromatic ring is 2. The summed E-state index contributed by atoms with van der Waals surface area (Å²) in [6.07, 6.45) is 1.45. The number of aromatic nitrogens is 2. The van der Waals surface area contributed by atoms with Gasteiger partial charge in [-0.1, -0.05) is 6.92 Å². The van der Waals surface area contributed by atoms with Gasteiger partial charge in [0.05, 0.1) is 31.6 Å². The van der Waals surface area contributed by atoms with E-state index in [-0.39, 0.29) is 13.2 Å². The van der Waals surface area contributed by atoms with Crippen molar-refractivity contribution in [3.63, 3.8) is 0 Å². The molecule has 0 radical (unpaired) electrons. The van der Waals surface area contributed by atoms with E-state index in [9.17, 15) is 0 Å². The predicted octanol–water partition coefficient (Wildman–Crippen LogP) is -0.962. The van der Waals surface area contributed by atoms with Crippen LogP contribution in [0.2, 0.25) is 0 Å². The van der Waals surface area contributed by atoms with Crippen LogP contribution >= 0.6 is 0 Å². The molecular formula is C8H16N4O2. The number of hydrogen-bond acceptors (Lipinski definition) is 5. The number of nitrogens with zero attached hydrogens (tertiary/aromatic N) is 2. The zero-order valence-electron chi connectivity index (χ0n) is 8.14. The van der Waals surface area contributed by atoms with Crippen LogP contribution in [0.3, 0.4) is 0 Å². The van der Waals surface area contributed by atoms with Crippen LogP contribution in [0.4, 0.5) is 11.5 Å². The van der Waals surface area contributed by atoms with E-state index in [0.717, 1.165) is 0 Å². The molecule has 1 aromatic heterocycles. The third kappa shape index (κ3) is 1.97. The van der Waals surface area contributed by atoms with E-state index in [1.54, 1.807) is 6.92 Å². The normalized spacial score (nSPS) is 11.9. The summed E-state index contributed by atoms with van der Waals surface area (Å²) in [5.41, 5.74) is 10.9. The van der Waals surface area contributed by atoms with Crippen LogP contribution in [0, 0.1) is 5.41 Å². The Kier molecular flexibility index (Phi) is 2.97. The molecule has 6 heteroatoms. The van der Waals surface area contributed by atoms with Crippen LogP contribution in [0.15, 0.2) is 6.20 Å². The van der Waals surface area contributed by atoms with Crippen LogP contribution in [0.5, 0.6) is 0 Å². The Morgan fingerprint density at radius 2 is 2.00 bits per heavy atom. The fourth-order valence-corrected chi connectivity index (χ4v) is 1.05. The minimum Gasteiger partial charge on any atom is -0.396 e. The minimum atomic E-state index is -0.632. The molecule has 6 N–H and O–H groups in total. The molecule has 1 aromatic rings. The first-order valence-corrected chi connectivity index (χ1v) is 4.31. The lowest BCUT2D eigenvalue weighted by molar-refractivity contribution is 0.0530. The van der Waals surface area contributed by atoms with Gasteiger partial charge in [-0.15, -0.1) is 0 Å². The van der Waals surface area contributed by atoms with E-state index >= 15 is 0 Å². The first kappa shape index (κ1) is 10.8. The summed E-state index contributed by atoms with van der Waals surface area (Å²) >= 11 is 0. The van der Waals surface area contributed by atoms with E-state index in [0.29, 0.717) is 18.1 Å². The van der Waals surface area contributed by atoms with E-state index < -0.39 is 5.41 Å². The van der Waals surface area contributed by atoms with E-state index in [4.69, 9.17) is 21.7 Å². The lowest BCUT2D eigenvalue weighted by Gasteiger charge is -2.24. The van der Waals surface area contributed by atoms with Gasteiger partial charge in [-0.25, -0.2) is 4.68 Å². The molecule has 6 nitrogen and oxygen atoms in total. The molecule has 0 aliphatic heterocycles.